The molecule has 0 radical (unpaired) electrons. The fourth-order valence-electron chi connectivity index (χ4n) is 10.2. The van der Waals surface area contributed by atoms with E-state index in [0.717, 1.165) is 44.1 Å². The first-order valence-electron chi connectivity index (χ1n) is 14.5. The van der Waals surface area contributed by atoms with Gasteiger partial charge in [0, 0.05) is 24.2 Å². The fraction of sp³-hybridized carbons (Fsp3) is 0.719. The van der Waals surface area contributed by atoms with E-state index in [1.807, 2.05) is 26.0 Å². The van der Waals surface area contributed by atoms with Crippen LogP contribution in [0.5, 0.6) is 0 Å². The van der Waals surface area contributed by atoms with Crippen molar-refractivity contribution in [1.82, 2.24) is 10.2 Å². The van der Waals surface area contributed by atoms with E-state index in [1.165, 1.54) is 0 Å². The molecule has 1 aromatic rings. The molecule has 3 fully saturated rings. The Balaban J connectivity index is 1.54. The SMILES string of the molecule is Cc1nnc([C@]23CCC(C)(C)CC2C2C(=O)C=C4[C@@]5(C)C=C(C#N)C(=O)[C@@](C)(O)C5CC[C@@]4(C)[C@]2(C)CC3)o1. The zero-order valence-electron chi connectivity index (χ0n) is 24.4. The van der Waals surface area contributed by atoms with Gasteiger partial charge in [-0.25, -0.2) is 0 Å². The van der Waals surface area contributed by atoms with E-state index in [4.69, 9.17) is 4.42 Å². The quantitative estimate of drug-likeness (QED) is 0.503. The van der Waals surface area contributed by atoms with Crippen LogP contribution in [-0.4, -0.2) is 32.5 Å². The molecule has 7 nitrogen and oxygen atoms in total. The standard InChI is InChI=1S/C32H41N3O4/c1-18-34-35-26(39-18)32-12-10-27(2,3)16-20(32)24-21(36)14-23-28(4)15-19(17-33)25(37)31(7,38)22(28)8-9-29(23,5)30(24,6)11-13-32/h14-15,20,22,24,38H,8-13,16H2,1-7H3/t20?,22?,24?,28-,29+,30+,31-,32-/m0/s1. The number of allylic oxidation sites excluding steroid dienone is 3. The van der Waals surface area contributed by atoms with Crippen molar-refractivity contribution in [2.24, 2.45) is 39.4 Å². The van der Waals surface area contributed by atoms with Crippen LogP contribution in [0.25, 0.3) is 0 Å². The topological polar surface area (TPSA) is 117 Å². The highest BCUT2D eigenvalue weighted by atomic mass is 16.4. The minimum absolute atomic E-state index is 0.00733. The molecule has 3 saturated carbocycles. The molecule has 208 valence electrons. The Kier molecular flexibility index (Phi) is 5.31. The summed E-state index contributed by atoms with van der Waals surface area (Å²) in [5, 5.41) is 30.0. The number of Topliss-reactive ketones (excluding diaryl/α,β-unsaturated/α-hetero) is 1. The Bertz CT molecular complexity index is 1390. The summed E-state index contributed by atoms with van der Waals surface area (Å²) in [6, 6.07) is 2.04. The van der Waals surface area contributed by atoms with E-state index in [2.05, 4.69) is 37.9 Å². The minimum Gasteiger partial charge on any atom is -0.425 e. The van der Waals surface area contributed by atoms with Crippen LogP contribution >= 0.6 is 0 Å². The first kappa shape index (κ1) is 26.6. The maximum atomic E-state index is 14.5. The third-order valence-corrected chi connectivity index (χ3v) is 12.5. The Hall–Kier alpha value is -2.59. The highest BCUT2D eigenvalue weighted by molar-refractivity contribution is 6.06. The number of carbonyl (C=O) groups excluding carboxylic acids is 2. The van der Waals surface area contributed by atoms with Gasteiger partial charge in [0.2, 0.25) is 17.6 Å². The van der Waals surface area contributed by atoms with Crippen LogP contribution in [0.2, 0.25) is 0 Å². The predicted octanol–water partition coefficient (Wildman–Crippen LogP) is 5.57. The van der Waals surface area contributed by atoms with Gasteiger partial charge in [-0.15, -0.1) is 10.2 Å². The van der Waals surface area contributed by atoms with Crippen LogP contribution in [-0.2, 0) is 15.0 Å². The molecule has 1 N–H and O–H groups in total. The summed E-state index contributed by atoms with van der Waals surface area (Å²) < 4.78 is 6.13. The minimum atomic E-state index is -1.65. The van der Waals surface area contributed by atoms with Gasteiger partial charge in [0.1, 0.15) is 11.7 Å². The number of ketones is 2. The van der Waals surface area contributed by atoms with Crippen molar-refractivity contribution in [3.8, 4) is 6.07 Å². The summed E-state index contributed by atoms with van der Waals surface area (Å²) in [5.74, 6) is 0.355. The maximum absolute atomic E-state index is 14.5. The number of rotatable bonds is 1. The third kappa shape index (κ3) is 3.18. The van der Waals surface area contributed by atoms with Gasteiger partial charge in [-0.1, -0.05) is 46.3 Å². The van der Waals surface area contributed by atoms with Crippen LogP contribution < -0.4 is 0 Å². The monoisotopic (exact) mass is 531 g/mol. The van der Waals surface area contributed by atoms with Crippen LogP contribution in [0.3, 0.4) is 0 Å². The zero-order valence-corrected chi connectivity index (χ0v) is 24.4. The second-order valence-electron chi connectivity index (χ2n) is 15.0. The van der Waals surface area contributed by atoms with E-state index in [-0.39, 0.29) is 50.8 Å². The van der Waals surface area contributed by atoms with E-state index in [1.54, 1.807) is 13.0 Å². The van der Waals surface area contributed by atoms with Gasteiger partial charge < -0.3 is 9.52 Å². The first-order chi connectivity index (χ1) is 18.1. The Morgan fingerprint density at radius 3 is 2.36 bits per heavy atom. The van der Waals surface area contributed by atoms with E-state index >= 15 is 0 Å². The van der Waals surface area contributed by atoms with Gasteiger partial charge in [0.05, 0.1) is 11.0 Å². The summed E-state index contributed by atoms with van der Waals surface area (Å²) in [5.41, 5.74) is -2.31. The Morgan fingerprint density at radius 1 is 1.03 bits per heavy atom. The zero-order chi connectivity index (χ0) is 28.4. The first-order valence-corrected chi connectivity index (χ1v) is 14.5. The molecule has 0 amide bonds. The van der Waals surface area contributed by atoms with Gasteiger partial charge in [-0.2, -0.15) is 5.26 Å². The van der Waals surface area contributed by atoms with Crippen molar-refractivity contribution >= 4 is 11.6 Å². The molecule has 7 heteroatoms. The molecule has 1 aromatic heterocycles. The molecule has 5 aliphatic rings. The number of carbonyl (C=O) groups is 2. The van der Waals surface area contributed by atoms with Gasteiger partial charge in [0.25, 0.3) is 0 Å². The van der Waals surface area contributed by atoms with Gasteiger partial charge in [-0.05, 0) is 80.1 Å². The largest absolute Gasteiger partial charge is 0.425 e. The van der Waals surface area contributed by atoms with Gasteiger partial charge >= 0.3 is 0 Å². The number of aliphatic hydroxyl groups is 1. The molecule has 0 saturated heterocycles. The summed E-state index contributed by atoms with van der Waals surface area (Å²) in [4.78, 5) is 27.5. The summed E-state index contributed by atoms with van der Waals surface area (Å²) in [7, 11) is 0. The summed E-state index contributed by atoms with van der Waals surface area (Å²) >= 11 is 0. The molecule has 0 aromatic carbocycles. The highest BCUT2D eigenvalue weighted by Gasteiger charge is 2.71. The van der Waals surface area contributed by atoms with E-state index in [9.17, 15) is 20.0 Å². The number of hydrogen-bond donors (Lipinski definition) is 1. The number of aromatic nitrogens is 2. The number of aryl methyl sites for hydroxylation is 1. The predicted molar refractivity (Wildman–Crippen MR) is 144 cm³/mol. The number of nitrogens with zero attached hydrogens (tertiary/aromatic N) is 3. The lowest BCUT2D eigenvalue weighted by molar-refractivity contribution is -0.167. The molecule has 3 unspecified atom stereocenters. The molecule has 0 spiro atoms. The van der Waals surface area contributed by atoms with E-state index in [0.29, 0.717) is 18.2 Å². The molecular weight excluding hydrogens is 490 g/mol. The normalized spacial score (nSPS) is 46.6. The van der Waals surface area contributed by atoms with Crippen LogP contribution in [0, 0.1) is 57.7 Å². The molecule has 0 bridgehead atoms. The van der Waals surface area contributed by atoms with Crippen molar-refractivity contribution in [2.45, 2.75) is 104 Å². The molecule has 1 heterocycles. The van der Waals surface area contributed by atoms with Crippen molar-refractivity contribution in [3.05, 3.63) is 35.1 Å². The lowest BCUT2D eigenvalue weighted by Crippen LogP contribution is -2.66. The number of fused-ring (bicyclic) bond motifs is 7. The van der Waals surface area contributed by atoms with Crippen molar-refractivity contribution in [3.63, 3.8) is 0 Å². The van der Waals surface area contributed by atoms with Crippen molar-refractivity contribution < 1.29 is 19.1 Å². The lowest BCUT2D eigenvalue weighted by Gasteiger charge is -2.68. The van der Waals surface area contributed by atoms with Crippen LogP contribution in [0.1, 0.15) is 98.3 Å². The summed E-state index contributed by atoms with van der Waals surface area (Å²) in [6.07, 6.45) is 9.67. The molecule has 6 rings (SSSR count). The lowest BCUT2D eigenvalue weighted by atomic mass is 9.34. The van der Waals surface area contributed by atoms with Crippen LogP contribution in [0.15, 0.2) is 27.7 Å². The molecule has 8 atom stereocenters. The molecule has 39 heavy (non-hydrogen) atoms. The number of hydrogen-bond acceptors (Lipinski definition) is 7. The number of nitriles is 1. The van der Waals surface area contributed by atoms with Crippen LogP contribution in [0.4, 0.5) is 0 Å². The summed E-state index contributed by atoms with van der Waals surface area (Å²) in [6.45, 7) is 14.6. The molecular formula is C32H41N3O4. The van der Waals surface area contributed by atoms with E-state index < -0.39 is 16.8 Å². The Morgan fingerprint density at radius 2 is 1.72 bits per heavy atom. The highest BCUT2D eigenvalue weighted by Crippen LogP contribution is 2.74. The maximum Gasteiger partial charge on any atom is 0.222 e. The smallest absolute Gasteiger partial charge is 0.222 e. The van der Waals surface area contributed by atoms with Gasteiger partial charge in [0.15, 0.2) is 5.78 Å². The molecule has 0 aliphatic heterocycles. The average Bonchev–Trinajstić information content (AvgIpc) is 3.29. The fourth-order valence-corrected chi connectivity index (χ4v) is 10.2. The van der Waals surface area contributed by atoms with Gasteiger partial charge in [-0.3, -0.25) is 9.59 Å². The third-order valence-electron chi connectivity index (χ3n) is 12.5. The average molecular weight is 532 g/mol. The van der Waals surface area contributed by atoms with Crippen molar-refractivity contribution in [2.75, 3.05) is 0 Å². The second kappa shape index (κ2) is 7.78. The van der Waals surface area contributed by atoms with Crippen molar-refractivity contribution in [1.29, 1.82) is 5.26 Å². The molecule has 5 aliphatic carbocycles. The Labute approximate surface area is 231 Å². The second-order valence-corrected chi connectivity index (χ2v) is 15.0.